The van der Waals surface area contributed by atoms with E-state index in [-0.39, 0.29) is 5.82 Å². The Hall–Kier alpha value is -1.66. The number of pyridine rings is 1. The van der Waals surface area contributed by atoms with Gasteiger partial charge < -0.3 is 11.1 Å². The number of anilines is 3. The maximum absolute atomic E-state index is 13.2. The highest BCUT2D eigenvalue weighted by atomic mass is 79.9. The Morgan fingerprint density at radius 2 is 1.90 bits per heavy atom. The molecule has 0 radical (unpaired) electrons. The first-order valence-corrected chi connectivity index (χ1v) is 7.69. The van der Waals surface area contributed by atoms with Gasteiger partial charge in [0.25, 0.3) is 0 Å². The third-order valence-corrected chi connectivity index (χ3v) is 4.20. The second-order valence-corrected chi connectivity index (χ2v) is 6.27. The molecule has 0 bridgehead atoms. The van der Waals surface area contributed by atoms with Gasteiger partial charge in [-0.15, -0.1) is 0 Å². The van der Waals surface area contributed by atoms with E-state index in [0.29, 0.717) is 10.2 Å². The molecule has 0 saturated heterocycles. The largest absolute Gasteiger partial charge is 0.396 e. The van der Waals surface area contributed by atoms with Crippen molar-refractivity contribution in [3.63, 3.8) is 0 Å². The molecule has 21 heavy (non-hydrogen) atoms. The molecule has 2 aromatic carbocycles. The number of hydrogen-bond donors (Lipinski definition) is 2. The minimum absolute atomic E-state index is 0.303. The highest BCUT2D eigenvalue weighted by Gasteiger charge is 2.10. The van der Waals surface area contributed by atoms with E-state index in [1.807, 2.05) is 18.2 Å². The zero-order valence-corrected chi connectivity index (χ0v) is 13.9. The molecule has 0 atom stereocenters. The number of nitrogens with two attached hydrogens (primary N) is 1. The van der Waals surface area contributed by atoms with Crippen molar-refractivity contribution in [3.8, 4) is 0 Å². The third-order valence-electron chi connectivity index (χ3n) is 3.05. The van der Waals surface area contributed by atoms with Crippen LogP contribution >= 0.6 is 31.9 Å². The molecule has 3 rings (SSSR count). The molecule has 0 fully saturated rings. The van der Waals surface area contributed by atoms with Crippen LogP contribution in [0, 0.1) is 5.82 Å². The molecule has 0 amide bonds. The van der Waals surface area contributed by atoms with Gasteiger partial charge in [-0.1, -0.05) is 15.9 Å². The number of hydrogen-bond acceptors (Lipinski definition) is 3. The Balaban J connectivity index is 2.15. The monoisotopic (exact) mass is 409 g/mol. The van der Waals surface area contributed by atoms with Crippen molar-refractivity contribution in [1.29, 1.82) is 0 Å². The highest BCUT2D eigenvalue weighted by Crippen LogP contribution is 2.34. The second kappa shape index (κ2) is 5.61. The predicted octanol–water partition coefficient (Wildman–Crippen LogP) is 5.22. The van der Waals surface area contributed by atoms with Crippen molar-refractivity contribution in [1.82, 2.24) is 4.98 Å². The van der Waals surface area contributed by atoms with E-state index in [4.69, 9.17) is 5.73 Å². The molecule has 3 aromatic rings. The number of benzene rings is 2. The number of nitrogen functional groups attached to an aromatic ring is 1. The summed E-state index contributed by atoms with van der Waals surface area (Å²) in [5.41, 5.74) is 8.86. The van der Waals surface area contributed by atoms with E-state index >= 15 is 0 Å². The van der Waals surface area contributed by atoms with Gasteiger partial charge in [0.15, 0.2) is 0 Å². The van der Waals surface area contributed by atoms with E-state index in [9.17, 15) is 4.39 Å². The van der Waals surface area contributed by atoms with Crippen molar-refractivity contribution < 1.29 is 4.39 Å². The maximum Gasteiger partial charge on any atom is 0.124 e. The number of rotatable bonds is 2. The molecule has 3 nitrogen and oxygen atoms in total. The Bertz CT molecular complexity index is 831. The number of nitrogens with one attached hydrogen (secondary N) is 1. The summed E-state index contributed by atoms with van der Waals surface area (Å²) in [7, 11) is 0. The topological polar surface area (TPSA) is 50.9 Å². The Morgan fingerprint density at radius 3 is 2.67 bits per heavy atom. The number of nitrogens with zero attached hydrogens (tertiary/aromatic N) is 1. The summed E-state index contributed by atoms with van der Waals surface area (Å²) < 4.78 is 14.7. The van der Waals surface area contributed by atoms with Gasteiger partial charge in [-0.2, -0.15) is 0 Å². The van der Waals surface area contributed by atoms with Gasteiger partial charge in [-0.3, -0.25) is 4.98 Å². The quantitative estimate of drug-likeness (QED) is 0.608. The SMILES string of the molecule is Nc1cnc2ccc(Br)cc2c1Nc1ccc(F)cc1Br. The van der Waals surface area contributed by atoms with Gasteiger partial charge in [0.2, 0.25) is 0 Å². The first kappa shape index (κ1) is 14.3. The van der Waals surface area contributed by atoms with Crippen LogP contribution < -0.4 is 11.1 Å². The average molecular weight is 411 g/mol. The Kier molecular flexibility index (Phi) is 3.82. The number of fused-ring (bicyclic) bond motifs is 1. The lowest BCUT2D eigenvalue weighted by atomic mass is 10.1. The van der Waals surface area contributed by atoms with Crippen LogP contribution in [0.3, 0.4) is 0 Å². The van der Waals surface area contributed by atoms with Crippen molar-refractivity contribution in [2.75, 3.05) is 11.1 Å². The zero-order chi connectivity index (χ0) is 15.0. The summed E-state index contributed by atoms with van der Waals surface area (Å²) in [5.74, 6) is -0.303. The Morgan fingerprint density at radius 1 is 1.10 bits per heavy atom. The van der Waals surface area contributed by atoms with Crippen LogP contribution in [0.4, 0.5) is 21.5 Å². The summed E-state index contributed by atoms with van der Waals surface area (Å²) in [4.78, 5) is 4.30. The summed E-state index contributed by atoms with van der Waals surface area (Å²) in [6.07, 6.45) is 1.61. The van der Waals surface area contributed by atoms with Gasteiger partial charge in [-0.05, 0) is 52.3 Å². The molecule has 1 heterocycles. The van der Waals surface area contributed by atoms with Crippen molar-refractivity contribution in [2.45, 2.75) is 0 Å². The summed E-state index contributed by atoms with van der Waals surface area (Å²) in [6, 6.07) is 10.2. The molecule has 0 unspecified atom stereocenters. The molecular weight excluding hydrogens is 401 g/mol. The van der Waals surface area contributed by atoms with Crippen LogP contribution in [0.5, 0.6) is 0 Å². The van der Waals surface area contributed by atoms with Gasteiger partial charge in [-0.25, -0.2) is 4.39 Å². The maximum atomic E-state index is 13.2. The number of halogens is 3. The van der Waals surface area contributed by atoms with Crippen LogP contribution in [-0.4, -0.2) is 4.98 Å². The lowest BCUT2D eigenvalue weighted by molar-refractivity contribution is 0.627. The van der Waals surface area contributed by atoms with E-state index in [1.165, 1.54) is 12.1 Å². The summed E-state index contributed by atoms with van der Waals surface area (Å²) in [5, 5.41) is 4.13. The van der Waals surface area contributed by atoms with Crippen LogP contribution in [0.2, 0.25) is 0 Å². The smallest absolute Gasteiger partial charge is 0.124 e. The summed E-state index contributed by atoms with van der Waals surface area (Å²) in [6.45, 7) is 0. The first-order valence-electron chi connectivity index (χ1n) is 6.10. The third kappa shape index (κ3) is 2.87. The standard InChI is InChI=1S/C15H10Br2FN3/c16-8-1-3-13-10(5-8)15(12(19)7-20-13)21-14-4-2-9(18)6-11(14)17/h1-7H,19H2,(H,20,21). The fraction of sp³-hybridized carbons (Fsp3) is 0. The molecule has 6 heteroatoms. The molecule has 0 saturated carbocycles. The predicted molar refractivity (Wildman–Crippen MR) is 91.2 cm³/mol. The molecule has 106 valence electrons. The van der Waals surface area contributed by atoms with E-state index in [1.54, 1.807) is 12.3 Å². The van der Waals surface area contributed by atoms with Crippen molar-refractivity contribution in [2.24, 2.45) is 0 Å². The van der Waals surface area contributed by atoms with Gasteiger partial charge >= 0.3 is 0 Å². The zero-order valence-electron chi connectivity index (χ0n) is 10.7. The van der Waals surface area contributed by atoms with Crippen LogP contribution in [0.15, 0.2) is 51.5 Å². The molecule has 0 aliphatic heterocycles. The molecule has 0 aliphatic rings. The average Bonchev–Trinajstić information content (AvgIpc) is 2.44. The van der Waals surface area contributed by atoms with Crippen molar-refractivity contribution >= 4 is 59.8 Å². The number of aromatic nitrogens is 1. The highest BCUT2D eigenvalue weighted by molar-refractivity contribution is 9.10. The molecule has 3 N–H and O–H groups in total. The van der Waals surface area contributed by atoms with Gasteiger partial charge in [0.05, 0.1) is 28.8 Å². The first-order chi connectivity index (χ1) is 10.0. The van der Waals surface area contributed by atoms with E-state index < -0.39 is 0 Å². The molecular formula is C15H10Br2FN3. The lowest BCUT2D eigenvalue weighted by Gasteiger charge is -2.14. The van der Waals surface area contributed by atoms with Crippen molar-refractivity contribution in [3.05, 3.63) is 57.4 Å². The fourth-order valence-electron chi connectivity index (χ4n) is 2.05. The van der Waals surface area contributed by atoms with Gasteiger partial charge in [0.1, 0.15) is 5.82 Å². The normalized spacial score (nSPS) is 10.8. The molecule has 1 aromatic heterocycles. The summed E-state index contributed by atoms with van der Waals surface area (Å²) >= 11 is 6.78. The Labute approximate surface area is 137 Å². The minimum atomic E-state index is -0.303. The minimum Gasteiger partial charge on any atom is -0.396 e. The fourth-order valence-corrected chi connectivity index (χ4v) is 2.86. The van der Waals surface area contributed by atoms with E-state index in [0.717, 1.165) is 26.8 Å². The lowest BCUT2D eigenvalue weighted by Crippen LogP contribution is -1.99. The molecule has 0 spiro atoms. The van der Waals surface area contributed by atoms with Gasteiger partial charge in [0, 0.05) is 14.3 Å². The second-order valence-electron chi connectivity index (χ2n) is 4.50. The van der Waals surface area contributed by atoms with Crippen LogP contribution in [0.25, 0.3) is 10.9 Å². The molecule has 0 aliphatic carbocycles. The van der Waals surface area contributed by atoms with Crippen LogP contribution in [0.1, 0.15) is 0 Å². The van der Waals surface area contributed by atoms with E-state index in [2.05, 4.69) is 42.2 Å². The van der Waals surface area contributed by atoms with Crippen LogP contribution in [-0.2, 0) is 0 Å².